The average molecular weight is 313 g/mol. The van der Waals surface area contributed by atoms with Gasteiger partial charge in [-0.15, -0.1) is 0 Å². The number of halogens is 1. The van der Waals surface area contributed by atoms with Crippen LogP contribution in [0.5, 0.6) is 5.75 Å². The van der Waals surface area contributed by atoms with Gasteiger partial charge in [0, 0.05) is 23.6 Å². The van der Waals surface area contributed by atoms with Crippen molar-refractivity contribution in [3.63, 3.8) is 0 Å². The average Bonchev–Trinajstić information content (AvgIpc) is 2.38. The maximum atomic E-state index is 5.26. The summed E-state index contributed by atoms with van der Waals surface area (Å²) in [6.45, 7) is 3.25. The number of piperidine rings is 1. The first-order valence-electron chi connectivity index (χ1n) is 6.43. The highest BCUT2D eigenvalue weighted by Gasteiger charge is 2.16. The second kappa shape index (κ2) is 6.55. The lowest BCUT2D eigenvalue weighted by atomic mass is 10.1. The summed E-state index contributed by atoms with van der Waals surface area (Å²) in [6, 6.07) is 6.70. The van der Waals surface area contributed by atoms with Gasteiger partial charge >= 0.3 is 0 Å². The molecule has 0 aliphatic carbocycles. The van der Waals surface area contributed by atoms with Gasteiger partial charge in [-0.05, 0) is 50.2 Å². The van der Waals surface area contributed by atoms with Crippen molar-refractivity contribution >= 4 is 15.9 Å². The van der Waals surface area contributed by atoms with Crippen LogP contribution < -0.4 is 10.1 Å². The van der Waals surface area contributed by atoms with E-state index in [2.05, 4.69) is 39.3 Å². The summed E-state index contributed by atoms with van der Waals surface area (Å²) in [5.41, 5.74) is 1.25. The highest BCUT2D eigenvalue weighted by Crippen LogP contribution is 2.22. The zero-order chi connectivity index (χ0) is 13.0. The number of likely N-dealkylation sites (tertiary alicyclic amines) is 1. The van der Waals surface area contributed by atoms with Gasteiger partial charge in [-0.25, -0.2) is 0 Å². The molecule has 0 amide bonds. The molecule has 1 atom stereocenters. The largest absolute Gasteiger partial charge is 0.497 e. The number of rotatable bonds is 4. The molecule has 1 heterocycles. The Labute approximate surface area is 118 Å². The number of benzene rings is 1. The normalized spacial score (nSPS) is 20.9. The Hall–Kier alpha value is -0.580. The van der Waals surface area contributed by atoms with Crippen molar-refractivity contribution in [1.29, 1.82) is 0 Å². The summed E-state index contributed by atoms with van der Waals surface area (Å²) < 4.78 is 6.40. The summed E-state index contributed by atoms with van der Waals surface area (Å²) >= 11 is 3.59. The van der Waals surface area contributed by atoms with E-state index in [4.69, 9.17) is 4.74 Å². The first kappa shape index (κ1) is 13.8. The zero-order valence-corrected chi connectivity index (χ0v) is 12.7. The van der Waals surface area contributed by atoms with Crippen molar-refractivity contribution in [2.45, 2.75) is 25.4 Å². The van der Waals surface area contributed by atoms with Gasteiger partial charge in [0.05, 0.1) is 7.11 Å². The van der Waals surface area contributed by atoms with Crippen LogP contribution in [0.3, 0.4) is 0 Å². The standard InChI is InChI=1S/C14H21BrN2O/c1-17-7-3-4-12(10-17)16-9-11-8-13(18-2)5-6-14(11)15/h5-6,8,12,16H,3-4,7,9-10H2,1-2H3. The number of ether oxygens (including phenoxy) is 1. The Balaban J connectivity index is 1.92. The number of likely N-dealkylation sites (N-methyl/N-ethyl adjacent to an activating group) is 1. The van der Waals surface area contributed by atoms with Gasteiger partial charge in [0.2, 0.25) is 0 Å². The lowest BCUT2D eigenvalue weighted by Crippen LogP contribution is -2.43. The van der Waals surface area contributed by atoms with Crippen LogP contribution in [0.1, 0.15) is 18.4 Å². The van der Waals surface area contributed by atoms with Crippen molar-refractivity contribution in [3.8, 4) is 5.75 Å². The minimum atomic E-state index is 0.599. The molecular formula is C14H21BrN2O. The van der Waals surface area contributed by atoms with Crippen LogP contribution in [0.25, 0.3) is 0 Å². The fourth-order valence-corrected chi connectivity index (χ4v) is 2.79. The Morgan fingerprint density at radius 3 is 3.06 bits per heavy atom. The Morgan fingerprint density at radius 1 is 1.50 bits per heavy atom. The van der Waals surface area contributed by atoms with Gasteiger partial charge in [-0.1, -0.05) is 15.9 Å². The van der Waals surface area contributed by atoms with Crippen LogP contribution in [-0.4, -0.2) is 38.2 Å². The Kier molecular flexibility index (Phi) is 5.03. The maximum Gasteiger partial charge on any atom is 0.119 e. The second-order valence-electron chi connectivity index (χ2n) is 4.94. The van der Waals surface area contributed by atoms with Crippen molar-refractivity contribution in [2.75, 3.05) is 27.2 Å². The van der Waals surface area contributed by atoms with Crippen LogP contribution in [0.2, 0.25) is 0 Å². The van der Waals surface area contributed by atoms with Gasteiger partial charge in [0.25, 0.3) is 0 Å². The molecule has 0 saturated carbocycles. The van der Waals surface area contributed by atoms with E-state index in [1.807, 2.05) is 12.1 Å². The fourth-order valence-electron chi connectivity index (χ4n) is 2.40. The SMILES string of the molecule is COc1ccc(Br)c(CNC2CCCN(C)C2)c1. The number of hydrogen-bond acceptors (Lipinski definition) is 3. The highest BCUT2D eigenvalue weighted by molar-refractivity contribution is 9.10. The van der Waals surface area contributed by atoms with Gasteiger partial charge in [-0.2, -0.15) is 0 Å². The van der Waals surface area contributed by atoms with Crippen molar-refractivity contribution < 1.29 is 4.74 Å². The van der Waals surface area contributed by atoms with Crippen LogP contribution in [0, 0.1) is 0 Å². The third-order valence-electron chi connectivity index (χ3n) is 3.46. The van der Waals surface area contributed by atoms with E-state index in [1.165, 1.54) is 24.9 Å². The van der Waals surface area contributed by atoms with Gasteiger partial charge in [0.15, 0.2) is 0 Å². The minimum absolute atomic E-state index is 0.599. The van der Waals surface area contributed by atoms with Gasteiger partial charge in [0.1, 0.15) is 5.75 Å². The summed E-state index contributed by atoms with van der Waals surface area (Å²) in [4.78, 5) is 2.39. The van der Waals surface area contributed by atoms with E-state index >= 15 is 0 Å². The monoisotopic (exact) mass is 312 g/mol. The van der Waals surface area contributed by atoms with Crippen molar-refractivity contribution in [2.24, 2.45) is 0 Å². The maximum absolute atomic E-state index is 5.26. The Morgan fingerprint density at radius 2 is 2.33 bits per heavy atom. The van der Waals surface area contributed by atoms with Crippen LogP contribution in [0.4, 0.5) is 0 Å². The van der Waals surface area contributed by atoms with E-state index in [1.54, 1.807) is 7.11 Å². The molecule has 18 heavy (non-hydrogen) atoms. The molecule has 100 valence electrons. The van der Waals surface area contributed by atoms with E-state index in [0.717, 1.165) is 23.3 Å². The summed E-state index contributed by atoms with van der Waals surface area (Å²) in [7, 11) is 3.89. The summed E-state index contributed by atoms with van der Waals surface area (Å²) in [5.74, 6) is 0.913. The molecule has 1 N–H and O–H groups in total. The predicted octanol–water partition coefficient (Wildman–Crippen LogP) is 2.64. The van der Waals surface area contributed by atoms with Crippen molar-refractivity contribution in [1.82, 2.24) is 10.2 Å². The molecule has 1 saturated heterocycles. The topological polar surface area (TPSA) is 24.5 Å². The molecule has 0 radical (unpaired) electrons. The molecule has 0 aromatic heterocycles. The predicted molar refractivity (Wildman–Crippen MR) is 78.1 cm³/mol. The van der Waals surface area contributed by atoms with Gasteiger partial charge < -0.3 is 15.0 Å². The van der Waals surface area contributed by atoms with E-state index in [-0.39, 0.29) is 0 Å². The molecule has 4 heteroatoms. The second-order valence-corrected chi connectivity index (χ2v) is 5.79. The molecule has 0 bridgehead atoms. The van der Waals surface area contributed by atoms with Crippen LogP contribution in [0.15, 0.2) is 22.7 Å². The molecule has 1 aromatic carbocycles. The summed E-state index contributed by atoms with van der Waals surface area (Å²) in [5, 5.41) is 3.63. The van der Waals surface area contributed by atoms with Crippen LogP contribution in [-0.2, 0) is 6.54 Å². The van der Waals surface area contributed by atoms with E-state index in [9.17, 15) is 0 Å². The number of nitrogens with zero attached hydrogens (tertiary/aromatic N) is 1. The smallest absolute Gasteiger partial charge is 0.119 e. The molecule has 1 aromatic rings. The van der Waals surface area contributed by atoms with E-state index < -0.39 is 0 Å². The molecule has 0 spiro atoms. The van der Waals surface area contributed by atoms with E-state index in [0.29, 0.717) is 6.04 Å². The quantitative estimate of drug-likeness (QED) is 0.925. The van der Waals surface area contributed by atoms with Gasteiger partial charge in [-0.3, -0.25) is 0 Å². The molecule has 1 unspecified atom stereocenters. The Bertz CT molecular complexity index is 397. The molecular weight excluding hydrogens is 292 g/mol. The minimum Gasteiger partial charge on any atom is -0.497 e. The fraction of sp³-hybridized carbons (Fsp3) is 0.571. The third kappa shape index (κ3) is 3.70. The van der Waals surface area contributed by atoms with Crippen molar-refractivity contribution in [3.05, 3.63) is 28.2 Å². The molecule has 1 aliphatic heterocycles. The first-order valence-corrected chi connectivity index (χ1v) is 7.22. The first-order chi connectivity index (χ1) is 8.69. The number of hydrogen-bond donors (Lipinski definition) is 1. The molecule has 1 fully saturated rings. The van der Waals surface area contributed by atoms with Crippen LogP contribution >= 0.6 is 15.9 Å². The third-order valence-corrected chi connectivity index (χ3v) is 4.23. The number of nitrogens with one attached hydrogen (secondary N) is 1. The highest BCUT2D eigenvalue weighted by atomic mass is 79.9. The lowest BCUT2D eigenvalue weighted by molar-refractivity contribution is 0.226. The lowest BCUT2D eigenvalue weighted by Gasteiger charge is -2.30. The number of methoxy groups -OCH3 is 1. The molecule has 1 aliphatic rings. The molecule has 2 rings (SSSR count). The summed E-state index contributed by atoms with van der Waals surface area (Å²) in [6.07, 6.45) is 2.55. The molecule has 3 nitrogen and oxygen atoms in total. The zero-order valence-electron chi connectivity index (χ0n) is 11.1.